The van der Waals surface area contributed by atoms with E-state index in [0.717, 1.165) is 0 Å². The molecule has 0 amide bonds. The average molecular weight is 368 g/mol. The molecule has 2 atom stereocenters. The van der Waals surface area contributed by atoms with Gasteiger partial charge in [0, 0.05) is 25.7 Å². The van der Waals surface area contributed by atoms with Crippen LogP contribution in [0.2, 0.25) is 6.04 Å². The average Bonchev–Trinajstić information content (AvgIpc) is 2.44. The van der Waals surface area contributed by atoms with Crippen LogP contribution in [0.5, 0.6) is 0 Å². The number of aliphatic hydroxyl groups is 1. The first-order chi connectivity index (χ1) is 11.1. The van der Waals surface area contributed by atoms with Crippen LogP contribution in [0.3, 0.4) is 0 Å². The molecule has 12 heteroatoms. The number of nitrogens with two attached hydrogens (primary N) is 2. The van der Waals surface area contributed by atoms with Crippen LogP contribution in [0, 0.1) is 0 Å². The largest absolute Gasteiger partial charge is 0.492 e. The Morgan fingerprint density at radius 1 is 1.25 bits per heavy atom. The van der Waals surface area contributed by atoms with Crippen molar-refractivity contribution in [3.8, 4) is 0 Å². The second-order valence-corrected chi connectivity index (χ2v) is 7.40. The van der Waals surface area contributed by atoms with Crippen LogP contribution < -0.4 is 16.8 Å². The van der Waals surface area contributed by atoms with E-state index in [4.69, 9.17) is 35.7 Å². The highest BCUT2D eigenvalue weighted by Crippen LogP contribution is 2.02. The van der Waals surface area contributed by atoms with Crippen molar-refractivity contribution in [1.29, 1.82) is 0 Å². The number of aliphatic hydroxyl groups excluding tert-OH is 1. The topological polar surface area (TPSA) is 204 Å². The number of nitrogens with zero attached hydrogens (tertiary/aromatic N) is 1. The van der Waals surface area contributed by atoms with E-state index >= 15 is 0 Å². The Morgan fingerprint density at radius 3 is 2.46 bits per heavy atom. The molecule has 0 saturated carbocycles. The number of carboxylic acid groups (broad SMARTS) is 1. The maximum Gasteiger partial charge on any atom is 0.492 e. The van der Waals surface area contributed by atoms with Gasteiger partial charge in [0.05, 0.1) is 12.7 Å². The highest BCUT2D eigenvalue weighted by atomic mass is 28.4. The molecule has 11 nitrogen and oxygen atoms in total. The molecule has 0 spiro atoms. The standard InChI is InChI=1S/C12H28N4O7Si/c13-12(14)15-4-1-3-10(11(18)19)16-7-9(17)8-23-5-2-6-24(20,21)22/h9-10,16-17,20-22H,1-8H2,(H,18,19)(H4,13,14,15). The fourth-order valence-corrected chi connectivity index (χ4v) is 2.40. The molecule has 0 aromatic carbocycles. The lowest BCUT2D eigenvalue weighted by atomic mass is 10.1. The SMILES string of the molecule is NC(N)=NCCCC(NCC(O)COCCC[Si](O)(O)O)C(=O)O. The zero-order chi connectivity index (χ0) is 18.6. The van der Waals surface area contributed by atoms with Crippen LogP contribution in [0.1, 0.15) is 19.3 Å². The van der Waals surface area contributed by atoms with Gasteiger partial charge in [0.25, 0.3) is 0 Å². The van der Waals surface area contributed by atoms with Crippen molar-refractivity contribution in [2.75, 3.05) is 26.3 Å². The van der Waals surface area contributed by atoms with Crippen molar-refractivity contribution in [2.45, 2.75) is 37.5 Å². The number of carbonyl (C=O) groups is 1. The van der Waals surface area contributed by atoms with E-state index in [1.54, 1.807) is 0 Å². The Bertz CT molecular complexity index is 388. The summed E-state index contributed by atoms with van der Waals surface area (Å²) in [5, 5.41) is 21.5. The van der Waals surface area contributed by atoms with Crippen molar-refractivity contribution in [3.63, 3.8) is 0 Å². The van der Waals surface area contributed by atoms with E-state index in [1.807, 2.05) is 0 Å². The Kier molecular flexibility index (Phi) is 11.5. The van der Waals surface area contributed by atoms with E-state index < -0.39 is 26.9 Å². The molecule has 0 bridgehead atoms. The van der Waals surface area contributed by atoms with E-state index in [9.17, 15) is 9.90 Å². The molecule has 0 aliphatic heterocycles. The Labute approximate surface area is 141 Å². The third-order valence-corrected chi connectivity index (χ3v) is 3.98. The molecule has 142 valence electrons. The molecule has 2 unspecified atom stereocenters. The number of hydrogen-bond acceptors (Lipinski definition) is 8. The number of nitrogens with one attached hydrogen (secondary N) is 1. The molecule has 24 heavy (non-hydrogen) atoms. The Hall–Kier alpha value is -1.28. The van der Waals surface area contributed by atoms with Gasteiger partial charge in [0.2, 0.25) is 0 Å². The number of carboxylic acids is 1. The first kappa shape index (κ1) is 22.7. The second-order valence-electron chi connectivity index (χ2n) is 5.35. The van der Waals surface area contributed by atoms with Gasteiger partial charge >= 0.3 is 14.8 Å². The summed E-state index contributed by atoms with van der Waals surface area (Å²) in [7, 11) is -4.05. The van der Waals surface area contributed by atoms with Crippen molar-refractivity contribution >= 4 is 20.7 Å². The summed E-state index contributed by atoms with van der Waals surface area (Å²) in [5.41, 5.74) is 10.3. The highest BCUT2D eigenvalue weighted by Gasteiger charge is 2.25. The van der Waals surface area contributed by atoms with E-state index in [1.165, 1.54) is 0 Å². The molecule has 0 saturated heterocycles. The quantitative estimate of drug-likeness (QED) is 0.0666. The predicted octanol–water partition coefficient (Wildman–Crippen LogP) is -3.23. The summed E-state index contributed by atoms with van der Waals surface area (Å²) in [6.07, 6.45) is 0.113. The van der Waals surface area contributed by atoms with Crippen molar-refractivity contribution in [1.82, 2.24) is 5.32 Å². The lowest BCUT2D eigenvalue weighted by molar-refractivity contribution is -0.139. The Balaban J connectivity index is 3.87. The van der Waals surface area contributed by atoms with Crippen LogP contribution >= 0.6 is 0 Å². The van der Waals surface area contributed by atoms with Crippen LogP contribution in [0.4, 0.5) is 0 Å². The number of aliphatic carboxylic acids is 1. The van der Waals surface area contributed by atoms with Gasteiger partial charge in [-0.05, 0) is 19.3 Å². The minimum absolute atomic E-state index is 0.0257. The first-order valence-electron chi connectivity index (χ1n) is 7.56. The third-order valence-electron chi connectivity index (χ3n) is 2.95. The molecule has 0 aliphatic carbocycles. The summed E-state index contributed by atoms with van der Waals surface area (Å²) in [6, 6.07) is -0.975. The molecular formula is C12H28N4O7Si. The molecule has 0 radical (unpaired) electrons. The third kappa shape index (κ3) is 14.3. The molecule has 10 N–H and O–H groups in total. The lowest BCUT2D eigenvalue weighted by Gasteiger charge is -2.17. The smallest absolute Gasteiger partial charge is 0.480 e. The second kappa shape index (κ2) is 12.1. The van der Waals surface area contributed by atoms with Gasteiger partial charge < -0.3 is 46.1 Å². The summed E-state index contributed by atoms with van der Waals surface area (Å²) < 4.78 is 5.11. The van der Waals surface area contributed by atoms with Crippen molar-refractivity contribution < 1.29 is 34.1 Å². The van der Waals surface area contributed by atoms with Gasteiger partial charge in [-0.15, -0.1) is 0 Å². The number of aliphatic imine (C=N–C) groups is 1. The van der Waals surface area contributed by atoms with Gasteiger partial charge in [-0.3, -0.25) is 9.79 Å². The summed E-state index contributed by atoms with van der Waals surface area (Å²) in [4.78, 5) is 41.3. The van der Waals surface area contributed by atoms with Gasteiger partial charge in [0.15, 0.2) is 5.96 Å². The predicted molar refractivity (Wildman–Crippen MR) is 88.0 cm³/mol. The molecule has 0 aromatic rings. The van der Waals surface area contributed by atoms with Crippen LogP contribution in [-0.4, -0.2) is 83.8 Å². The number of rotatable bonds is 14. The lowest BCUT2D eigenvalue weighted by Crippen LogP contribution is -2.42. The van der Waals surface area contributed by atoms with Crippen LogP contribution in [0.15, 0.2) is 4.99 Å². The fourth-order valence-electron chi connectivity index (χ4n) is 1.78. The molecule has 0 aromatic heterocycles. The van der Waals surface area contributed by atoms with E-state index in [-0.39, 0.29) is 38.2 Å². The van der Waals surface area contributed by atoms with Crippen LogP contribution in [0.25, 0.3) is 0 Å². The normalized spacial score (nSPS) is 14.2. The molecule has 0 aliphatic rings. The minimum atomic E-state index is -4.05. The zero-order valence-corrected chi connectivity index (χ0v) is 14.5. The maximum absolute atomic E-state index is 11.1. The first-order valence-corrected chi connectivity index (χ1v) is 9.61. The van der Waals surface area contributed by atoms with Gasteiger partial charge in [0.1, 0.15) is 6.04 Å². The Morgan fingerprint density at radius 2 is 1.92 bits per heavy atom. The summed E-state index contributed by atoms with van der Waals surface area (Å²) in [5.74, 6) is -1.09. The summed E-state index contributed by atoms with van der Waals surface area (Å²) >= 11 is 0. The van der Waals surface area contributed by atoms with Crippen LogP contribution in [-0.2, 0) is 9.53 Å². The number of ether oxygens (including phenoxy) is 1. The van der Waals surface area contributed by atoms with Gasteiger partial charge in [-0.1, -0.05) is 0 Å². The highest BCUT2D eigenvalue weighted by molar-refractivity contribution is 6.56. The molecule has 0 rings (SSSR count). The molecule has 0 heterocycles. The molecular weight excluding hydrogens is 340 g/mol. The monoisotopic (exact) mass is 368 g/mol. The molecule has 0 fully saturated rings. The number of hydrogen-bond donors (Lipinski definition) is 8. The minimum Gasteiger partial charge on any atom is -0.480 e. The summed E-state index contributed by atoms with van der Waals surface area (Å²) in [6.45, 7) is 0.460. The number of guanidine groups is 1. The van der Waals surface area contributed by atoms with Crippen molar-refractivity contribution in [2.24, 2.45) is 16.5 Å². The fraction of sp³-hybridized carbons (Fsp3) is 0.833. The van der Waals surface area contributed by atoms with E-state index in [2.05, 4.69) is 10.3 Å². The van der Waals surface area contributed by atoms with Gasteiger partial charge in [-0.2, -0.15) is 0 Å². The van der Waals surface area contributed by atoms with E-state index in [0.29, 0.717) is 19.4 Å². The zero-order valence-electron chi connectivity index (χ0n) is 13.5. The van der Waals surface area contributed by atoms with Gasteiger partial charge in [-0.25, -0.2) is 0 Å². The van der Waals surface area contributed by atoms with Crippen molar-refractivity contribution in [3.05, 3.63) is 0 Å². The maximum atomic E-state index is 11.1.